The van der Waals surface area contributed by atoms with Gasteiger partial charge < -0.3 is 15.4 Å². The van der Waals surface area contributed by atoms with Gasteiger partial charge >= 0.3 is 0 Å². The Kier molecular flexibility index (Phi) is 5.84. The van der Waals surface area contributed by atoms with Gasteiger partial charge in [-0.1, -0.05) is 18.6 Å². The van der Waals surface area contributed by atoms with Crippen molar-refractivity contribution < 1.29 is 14.3 Å². The van der Waals surface area contributed by atoms with Gasteiger partial charge in [0.05, 0.1) is 19.6 Å². The Morgan fingerprint density at radius 2 is 1.88 bits per heavy atom. The van der Waals surface area contributed by atoms with Crippen molar-refractivity contribution in [1.82, 2.24) is 10.6 Å². The van der Waals surface area contributed by atoms with Crippen LogP contribution in [0.25, 0.3) is 0 Å². The number of carbonyl (C=O) groups is 2. The summed E-state index contributed by atoms with van der Waals surface area (Å²) in [6, 6.07) is 7.36. The molecule has 1 aromatic rings. The molecule has 5 nitrogen and oxygen atoms in total. The van der Waals surface area contributed by atoms with Crippen LogP contribution in [0.2, 0.25) is 0 Å². The molecule has 0 saturated heterocycles. The molecule has 0 aromatic heterocycles. The van der Waals surface area contributed by atoms with Crippen molar-refractivity contribution in [3.63, 3.8) is 0 Å². The van der Waals surface area contributed by atoms with Gasteiger partial charge in [-0.2, -0.15) is 0 Å². The van der Waals surface area contributed by atoms with E-state index >= 15 is 0 Å². The third kappa shape index (κ3) is 4.37. The van der Waals surface area contributed by atoms with E-state index in [4.69, 9.17) is 4.74 Å². The molecule has 5 heteroatoms. The minimum absolute atomic E-state index is 0.00478. The predicted molar refractivity (Wildman–Crippen MR) is 101 cm³/mol. The fraction of sp³-hybridized carbons (Fsp3) is 0.619. The van der Waals surface area contributed by atoms with Crippen molar-refractivity contribution in [3.8, 4) is 5.75 Å². The molecule has 2 amide bonds. The standard InChI is InChI=1S/C21H30N2O3/c1-13(19-11-15-4-5-17(19)10-15)22-21(25)12-20(23-14(2)24)16-6-8-18(26-3)9-7-16/h6-9,13,15,17,19-20H,4-5,10-12H2,1-3H3,(H,22,25)(H,23,24). The summed E-state index contributed by atoms with van der Waals surface area (Å²) in [5, 5.41) is 6.08. The average molecular weight is 358 g/mol. The Morgan fingerprint density at radius 3 is 2.42 bits per heavy atom. The largest absolute Gasteiger partial charge is 0.497 e. The third-order valence-corrected chi connectivity index (χ3v) is 6.11. The molecule has 26 heavy (non-hydrogen) atoms. The van der Waals surface area contributed by atoms with Crippen LogP contribution >= 0.6 is 0 Å². The fourth-order valence-corrected chi connectivity index (χ4v) is 4.85. The number of methoxy groups -OCH3 is 1. The number of benzene rings is 1. The summed E-state index contributed by atoms with van der Waals surface area (Å²) >= 11 is 0. The van der Waals surface area contributed by atoms with Crippen LogP contribution in [0.5, 0.6) is 5.75 Å². The van der Waals surface area contributed by atoms with Crippen molar-refractivity contribution in [1.29, 1.82) is 0 Å². The number of fused-ring (bicyclic) bond motifs is 2. The van der Waals surface area contributed by atoms with E-state index in [0.29, 0.717) is 5.92 Å². The maximum absolute atomic E-state index is 12.6. The van der Waals surface area contributed by atoms with Crippen LogP contribution in [0.15, 0.2) is 24.3 Å². The second-order valence-electron chi connectivity index (χ2n) is 7.93. The third-order valence-electron chi connectivity index (χ3n) is 6.11. The van der Waals surface area contributed by atoms with Crippen molar-refractivity contribution in [2.24, 2.45) is 17.8 Å². The quantitative estimate of drug-likeness (QED) is 0.786. The van der Waals surface area contributed by atoms with Crippen molar-refractivity contribution in [2.75, 3.05) is 7.11 Å². The van der Waals surface area contributed by atoms with Crippen LogP contribution in [-0.2, 0) is 9.59 Å². The van der Waals surface area contributed by atoms with Crippen LogP contribution < -0.4 is 15.4 Å². The lowest BCUT2D eigenvalue weighted by atomic mass is 9.84. The van der Waals surface area contributed by atoms with Gasteiger partial charge in [0.2, 0.25) is 11.8 Å². The highest BCUT2D eigenvalue weighted by molar-refractivity contribution is 5.79. The number of hydrogen-bond donors (Lipinski definition) is 2. The van der Waals surface area contributed by atoms with Gasteiger partial charge in [0.1, 0.15) is 5.75 Å². The Bertz CT molecular complexity index is 643. The average Bonchev–Trinajstić information content (AvgIpc) is 3.24. The van der Waals surface area contributed by atoms with Gasteiger partial charge in [-0.05, 0) is 61.6 Å². The van der Waals surface area contributed by atoms with Gasteiger partial charge in [-0.25, -0.2) is 0 Å². The molecule has 5 atom stereocenters. The summed E-state index contributed by atoms with van der Waals surface area (Å²) in [5.74, 6) is 2.87. The number of carbonyl (C=O) groups excluding carboxylic acids is 2. The predicted octanol–water partition coefficient (Wildman–Crippen LogP) is 3.20. The van der Waals surface area contributed by atoms with Crippen LogP contribution in [0.3, 0.4) is 0 Å². The van der Waals surface area contributed by atoms with Gasteiger partial charge in [-0.3, -0.25) is 9.59 Å². The molecule has 2 saturated carbocycles. The first kappa shape index (κ1) is 18.7. The number of rotatable bonds is 7. The van der Waals surface area contributed by atoms with Crippen LogP contribution in [0.4, 0.5) is 0 Å². The molecule has 2 N–H and O–H groups in total. The fourth-order valence-electron chi connectivity index (χ4n) is 4.85. The Morgan fingerprint density at radius 1 is 1.15 bits per heavy atom. The monoisotopic (exact) mass is 358 g/mol. The van der Waals surface area contributed by atoms with Crippen molar-refractivity contribution in [3.05, 3.63) is 29.8 Å². The molecule has 2 bridgehead atoms. The highest BCUT2D eigenvalue weighted by Gasteiger charge is 2.42. The Hall–Kier alpha value is -2.04. The van der Waals surface area contributed by atoms with Crippen molar-refractivity contribution in [2.45, 2.75) is 58.0 Å². The SMILES string of the molecule is COc1ccc(C(CC(=O)NC(C)C2CC3CCC2C3)NC(C)=O)cc1. The molecule has 2 aliphatic carbocycles. The van der Waals surface area contributed by atoms with E-state index in [1.165, 1.54) is 32.6 Å². The first-order chi connectivity index (χ1) is 12.5. The molecule has 0 aliphatic heterocycles. The molecular weight excluding hydrogens is 328 g/mol. The van der Waals surface area contributed by atoms with E-state index in [9.17, 15) is 9.59 Å². The molecule has 2 aliphatic rings. The number of nitrogens with one attached hydrogen (secondary N) is 2. The van der Waals surface area contributed by atoms with Gasteiger partial charge in [0, 0.05) is 13.0 Å². The summed E-state index contributed by atoms with van der Waals surface area (Å²) in [6.45, 7) is 3.61. The molecule has 142 valence electrons. The zero-order valence-corrected chi connectivity index (χ0v) is 16.0. The van der Waals surface area contributed by atoms with Crippen LogP contribution in [0.1, 0.15) is 57.6 Å². The summed E-state index contributed by atoms with van der Waals surface area (Å²) in [6.07, 6.45) is 5.52. The Balaban J connectivity index is 1.60. The first-order valence-corrected chi connectivity index (χ1v) is 9.66. The zero-order chi connectivity index (χ0) is 18.7. The van der Waals surface area contributed by atoms with E-state index in [2.05, 4.69) is 17.6 Å². The summed E-state index contributed by atoms with van der Waals surface area (Å²) < 4.78 is 5.18. The lowest BCUT2D eigenvalue weighted by Crippen LogP contribution is -2.41. The lowest BCUT2D eigenvalue weighted by Gasteiger charge is -2.29. The minimum Gasteiger partial charge on any atom is -0.497 e. The summed E-state index contributed by atoms with van der Waals surface area (Å²) in [4.78, 5) is 24.2. The lowest BCUT2D eigenvalue weighted by molar-refractivity contribution is -0.123. The van der Waals surface area contributed by atoms with E-state index in [-0.39, 0.29) is 30.3 Å². The molecular formula is C21H30N2O3. The number of amides is 2. The maximum atomic E-state index is 12.6. The van der Waals surface area contributed by atoms with Gasteiger partial charge in [0.15, 0.2) is 0 Å². The van der Waals surface area contributed by atoms with E-state index in [1.54, 1.807) is 7.11 Å². The first-order valence-electron chi connectivity index (χ1n) is 9.66. The molecule has 0 radical (unpaired) electrons. The maximum Gasteiger partial charge on any atom is 0.222 e. The van der Waals surface area contributed by atoms with Gasteiger partial charge in [-0.15, -0.1) is 0 Å². The highest BCUT2D eigenvalue weighted by atomic mass is 16.5. The summed E-state index contributed by atoms with van der Waals surface area (Å²) in [7, 11) is 1.62. The molecule has 3 rings (SSSR count). The minimum atomic E-state index is -0.328. The molecule has 1 aromatic carbocycles. The number of hydrogen-bond acceptors (Lipinski definition) is 3. The molecule has 0 spiro atoms. The van der Waals surface area contributed by atoms with Gasteiger partial charge in [0.25, 0.3) is 0 Å². The van der Waals surface area contributed by atoms with E-state index in [0.717, 1.165) is 23.1 Å². The van der Waals surface area contributed by atoms with Crippen LogP contribution in [0, 0.1) is 17.8 Å². The second kappa shape index (κ2) is 8.11. The topological polar surface area (TPSA) is 67.4 Å². The van der Waals surface area contributed by atoms with Crippen LogP contribution in [-0.4, -0.2) is 25.0 Å². The van der Waals surface area contributed by atoms with Crippen molar-refractivity contribution >= 4 is 11.8 Å². The highest BCUT2D eigenvalue weighted by Crippen LogP contribution is 2.49. The molecule has 2 fully saturated rings. The zero-order valence-electron chi connectivity index (χ0n) is 16.0. The smallest absolute Gasteiger partial charge is 0.222 e. The Labute approximate surface area is 155 Å². The number of ether oxygens (including phenoxy) is 1. The normalized spacial score (nSPS) is 26.2. The molecule has 0 heterocycles. The second-order valence-corrected chi connectivity index (χ2v) is 7.93. The van der Waals surface area contributed by atoms with E-state index in [1.807, 2.05) is 24.3 Å². The summed E-state index contributed by atoms with van der Waals surface area (Å²) in [5.41, 5.74) is 0.906. The molecule has 5 unspecified atom stereocenters. The van der Waals surface area contributed by atoms with E-state index < -0.39 is 0 Å².